The first-order valence-corrected chi connectivity index (χ1v) is 13.6. The smallest absolute Gasteiger partial charge is 0.198 e. The number of carbonyl (C=O) groups excluding carboxylic acids is 1. The van der Waals surface area contributed by atoms with Gasteiger partial charge in [-0.15, -0.1) is 0 Å². The highest BCUT2D eigenvalue weighted by atomic mass is 16.5. The Morgan fingerprint density at radius 2 is 1.24 bits per heavy atom. The van der Waals surface area contributed by atoms with Crippen molar-refractivity contribution in [2.45, 2.75) is 19.8 Å². The first kappa shape index (κ1) is 26.0. The molecular weight excluding hydrogens is 472 g/mol. The quantitative estimate of drug-likeness (QED) is 0.343. The van der Waals surface area contributed by atoms with Crippen molar-refractivity contribution in [3.8, 4) is 28.4 Å². The first-order valence-electron chi connectivity index (χ1n) is 13.6. The number of ether oxygens (including phenoxy) is 5. The molecular formula is C29H38N2O6. The van der Waals surface area contributed by atoms with Crippen LogP contribution in [0.15, 0.2) is 30.3 Å². The van der Waals surface area contributed by atoms with E-state index in [-0.39, 0.29) is 5.78 Å². The lowest BCUT2D eigenvalue weighted by Crippen LogP contribution is -2.37. The van der Waals surface area contributed by atoms with E-state index in [0.29, 0.717) is 42.4 Å². The molecule has 2 saturated heterocycles. The maximum atomic E-state index is 13.6. The SMILES string of the molecule is CCOc1ccc(OCCCN2CCOCC2)c2c1-c1c(OCCCN3CCOCC3)cccc1C2=O. The normalized spacial score (nSPS) is 17.9. The zero-order valence-electron chi connectivity index (χ0n) is 21.8. The molecule has 2 fully saturated rings. The summed E-state index contributed by atoms with van der Waals surface area (Å²) in [7, 11) is 0. The fourth-order valence-corrected chi connectivity index (χ4v) is 5.26. The molecule has 37 heavy (non-hydrogen) atoms. The average Bonchev–Trinajstić information content (AvgIpc) is 3.25. The molecule has 0 spiro atoms. The molecule has 0 bridgehead atoms. The van der Waals surface area contributed by atoms with Crippen LogP contribution in [0.25, 0.3) is 11.1 Å². The van der Waals surface area contributed by atoms with Crippen LogP contribution in [-0.4, -0.2) is 101 Å². The highest BCUT2D eigenvalue weighted by Gasteiger charge is 2.35. The van der Waals surface area contributed by atoms with Gasteiger partial charge in [0.2, 0.25) is 0 Å². The number of ketones is 1. The summed E-state index contributed by atoms with van der Waals surface area (Å²) in [6.45, 7) is 12.5. The Bertz CT molecular complexity index is 1060. The zero-order chi connectivity index (χ0) is 25.5. The molecule has 0 amide bonds. The van der Waals surface area contributed by atoms with Crippen molar-refractivity contribution in [1.82, 2.24) is 9.80 Å². The number of carbonyl (C=O) groups is 1. The van der Waals surface area contributed by atoms with Gasteiger partial charge in [0.15, 0.2) is 5.78 Å². The Labute approximate surface area is 219 Å². The van der Waals surface area contributed by atoms with Gasteiger partial charge in [-0.25, -0.2) is 0 Å². The van der Waals surface area contributed by atoms with Crippen molar-refractivity contribution in [3.05, 3.63) is 41.5 Å². The van der Waals surface area contributed by atoms with Crippen LogP contribution in [0.2, 0.25) is 0 Å². The molecule has 2 aromatic rings. The van der Waals surface area contributed by atoms with Crippen LogP contribution in [0.3, 0.4) is 0 Å². The molecule has 5 rings (SSSR count). The van der Waals surface area contributed by atoms with Crippen molar-refractivity contribution in [3.63, 3.8) is 0 Å². The maximum Gasteiger partial charge on any atom is 0.198 e. The number of rotatable bonds is 12. The predicted molar refractivity (Wildman–Crippen MR) is 141 cm³/mol. The Kier molecular flexibility index (Phi) is 8.94. The van der Waals surface area contributed by atoms with Gasteiger partial charge in [0.25, 0.3) is 0 Å². The Morgan fingerprint density at radius 3 is 1.81 bits per heavy atom. The van der Waals surface area contributed by atoms with Gasteiger partial charge in [-0.1, -0.05) is 12.1 Å². The summed E-state index contributed by atoms with van der Waals surface area (Å²) in [5, 5.41) is 0. The second-order valence-corrected chi connectivity index (χ2v) is 9.56. The second kappa shape index (κ2) is 12.7. The van der Waals surface area contributed by atoms with E-state index in [1.165, 1.54) is 0 Å². The molecule has 2 heterocycles. The topological polar surface area (TPSA) is 69.7 Å². The molecule has 3 aliphatic rings. The molecule has 8 heteroatoms. The van der Waals surface area contributed by atoms with Gasteiger partial charge in [0.05, 0.1) is 51.8 Å². The predicted octanol–water partition coefficient (Wildman–Crippen LogP) is 3.50. The van der Waals surface area contributed by atoms with Crippen LogP contribution in [0, 0.1) is 0 Å². The average molecular weight is 511 g/mol. The van der Waals surface area contributed by atoms with Crippen molar-refractivity contribution in [2.24, 2.45) is 0 Å². The van der Waals surface area contributed by atoms with Gasteiger partial charge < -0.3 is 23.7 Å². The van der Waals surface area contributed by atoms with E-state index in [9.17, 15) is 4.79 Å². The molecule has 0 saturated carbocycles. The van der Waals surface area contributed by atoms with Crippen LogP contribution < -0.4 is 14.2 Å². The molecule has 0 aromatic heterocycles. The Morgan fingerprint density at radius 1 is 0.703 bits per heavy atom. The van der Waals surface area contributed by atoms with E-state index in [0.717, 1.165) is 95.4 Å². The second-order valence-electron chi connectivity index (χ2n) is 9.56. The molecule has 0 atom stereocenters. The van der Waals surface area contributed by atoms with E-state index in [2.05, 4.69) is 9.80 Å². The van der Waals surface area contributed by atoms with Gasteiger partial charge in [0, 0.05) is 56.0 Å². The minimum Gasteiger partial charge on any atom is -0.493 e. The fraction of sp³-hybridized carbons (Fsp3) is 0.552. The summed E-state index contributed by atoms with van der Waals surface area (Å²) < 4.78 is 29.3. The summed E-state index contributed by atoms with van der Waals surface area (Å²) in [4.78, 5) is 18.4. The van der Waals surface area contributed by atoms with Crippen LogP contribution in [0.5, 0.6) is 17.2 Å². The van der Waals surface area contributed by atoms with Crippen molar-refractivity contribution >= 4 is 5.78 Å². The first-order chi connectivity index (χ1) is 18.3. The van der Waals surface area contributed by atoms with Gasteiger partial charge in [0.1, 0.15) is 17.2 Å². The molecule has 2 aliphatic heterocycles. The number of benzene rings is 2. The molecule has 1 aliphatic carbocycles. The minimum atomic E-state index is -0.0338. The third-order valence-electron chi connectivity index (χ3n) is 7.14. The number of hydrogen-bond donors (Lipinski definition) is 0. The summed E-state index contributed by atoms with van der Waals surface area (Å²) >= 11 is 0. The number of nitrogens with zero attached hydrogens (tertiary/aromatic N) is 2. The standard InChI is InChI=1S/C29H38N2O6/c1-2-35-24-8-9-25(37-17-5-11-31-14-20-34-21-15-31)28-27(24)26-22(29(28)32)6-3-7-23(26)36-16-4-10-30-12-18-33-19-13-30/h3,6-9H,2,4-5,10-21H2,1H3. The van der Waals surface area contributed by atoms with Gasteiger partial charge in [-0.05, 0) is 38.0 Å². The summed E-state index contributed by atoms with van der Waals surface area (Å²) in [6.07, 6.45) is 1.80. The molecule has 2 aromatic carbocycles. The lowest BCUT2D eigenvalue weighted by atomic mass is 10.0. The van der Waals surface area contributed by atoms with Crippen LogP contribution in [-0.2, 0) is 9.47 Å². The minimum absolute atomic E-state index is 0.0338. The monoisotopic (exact) mass is 510 g/mol. The van der Waals surface area contributed by atoms with Gasteiger partial charge >= 0.3 is 0 Å². The van der Waals surface area contributed by atoms with E-state index in [4.69, 9.17) is 23.7 Å². The number of morpholine rings is 2. The third-order valence-corrected chi connectivity index (χ3v) is 7.14. The molecule has 0 radical (unpaired) electrons. The Balaban J connectivity index is 1.30. The Hall–Kier alpha value is -2.65. The van der Waals surface area contributed by atoms with Crippen LogP contribution >= 0.6 is 0 Å². The van der Waals surface area contributed by atoms with Crippen LogP contribution in [0.1, 0.15) is 35.7 Å². The van der Waals surface area contributed by atoms with Crippen molar-refractivity contribution in [1.29, 1.82) is 0 Å². The maximum absolute atomic E-state index is 13.6. The van der Waals surface area contributed by atoms with Gasteiger partial charge in [-0.2, -0.15) is 0 Å². The summed E-state index contributed by atoms with van der Waals surface area (Å²) in [5.74, 6) is 1.99. The van der Waals surface area contributed by atoms with E-state index in [1.807, 2.05) is 37.3 Å². The molecule has 0 N–H and O–H groups in total. The van der Waals surface area contributed by atoms with Crippen molar-refractivity contribution < 1.29 is 28.5 Å². The summed E-state index contributed by atoms with van der Waals surface area (Å²) in [5.41, 5.74) is 2.83. The number of fused-ring (bicyclic) bond motifs is 3. The lowest BCUT2D eigenvalue weighted by molar-refractivity contribution is 0.0357. The fourth-order valence-electron chi connectivity index (χ4n) is 5.26. The highest BCUT2D eigenvalue weighted by molar-refractivity contribution is 6.25. The highest BCUT2D eigenvalue weighted by Crippen LogP contribution is 2.50. The van der Waals surface area contributed by atoms with Crippen LogP contribution in [0.4, 0.5) is 0 Å². The molecule has 8 nitrogen and oxygen atoms in total. The van der Waals surface area contributed by atoms with E-state index in [1.54, 1.807) is 0 Å². The van der Waals surface area contributed by atoms with E-state index < -0.39 is 0 Å². The third kappa shape index (κ3) is 6.09. The van der Waals surface area contributed by atoms with Crippen molar-refractivity contribution in [2.75, 3.05) is 85.5 Å². The molecule has 0 unspecified atom stereocenters. The lowest BCUT2D eigenvalue weighted by Gasteiger charge is -2.26. The zero-order valence-corrected chi connectivity index (χ0v) is 21.8. The number of hydrogen-bond acceptors (Lipinski definition) is 8. The van der Waals surface area contributed by atoms with Gasteiger partial charge in [-0.3, -0.25) is 14.6 Å². The van der Waals surface area contributed by atoms with E-state index >= 15 is 0 Å². The summed E-state index contributed by atoms with van der Waals surface area (Å²) in [6, 6.07) is 9.49. The molecule has 200 valence electrons. The largest absolute Gasteiger partial charge is 0.493 e.